The third kappa shape index (κ3) is 3.49. The van der Waals surface area contributed by atoms with E-state index in [4.69, 9.17) is 0 Å². The molecule has 0 saturated heterocycles. The van der Waals surface area contributed by atoms with Gasteiger partial charge in [-0.05, 0) is 49.7 Å². The van der Waals surface area contributed by atoms with E-state index in [0.717, 1.165) is 22.3 Å². The summed E-state index contributed by atoms with van der Waals surface area (Å²) in [5.41, 5.74) is 4.28. The van der Waals surface area contributed by atoms with Crippen molar-refractivity contribution in [2.24, 2.45) is 0 Å². The van der Waals surface area contributed by atoms with Gasteiger partial charge < -0.3 is 5.32 Å². The minimum absolute atomic E-state index is 0.274. The molecule has 1 amide bonds. The number of hydrogen-bond acceptors (Lipinski definition) is 3. The molecule has 0 aliphatic rings. The van der Waals surface area contributed by atoms with Crippen molar-refractivity contribution in [3.63, 3.8) is 0 Å². The van der Waals surface area contributed by atoms with Crippen LogP contribution in [0.3, 0.4) is 0 Å². The van der Waals surface area contributed by atoms with Crippen molar-refractivity contribution in [3.8, 4) is 0 Å². The van der Waals surface area contributed by atoms with E-state index in [9.17, 15) is 9.18 Å². The Bertz CT molecular complexity index is 1150. The fourth-order valence-corrected chi connectivity index (χ4v) is 3.26. The predicted molar refractivity (Wildman–Crippen MR) is 107 cm³/mol. The minimum atomic E-state index is -0.349. The monoisotopic (exact) mass is 374 g/mol. The van der Waals surface area contributed by atoms with Gasteiger partial charge in [0.15, 0.2) is 5.65 Å². The van der Waals surface area contributed by atoms with Crippen molar-refractivity contribution >= 4 is 22.6 Å². The number of benzene rings is 2. The Hall–Kier alpha value is -3.54. The Kier molecular flexibility index (Phi) is 4.61. The number of anilines is 1. The highest BCUT2D eigenvalue weighted by Gasteiger charge is 2.19. The van der Waals surface area contributed by atoms with Crippen molar-refractivity contribution in [2.75, 3.05) is 5.32 Å². The number of hydrogen-bond donors (Lipinski definition) is 1. The van der Waals surface area contributed by atoms with E-state index in [-0.39, 0.29) is 11.7 Å². The van der Waals surface area contributed by atoms with Gasteiger partial charge in [-0.3, -0.25) is 4.79 Å². The van der Waals surface area contributed by atoms with Crippen LogP contribution in [0.2, 0.25) is 0 Å². The lowest BCUT2D eigenvalue weighted by Crippen LogP contribution is -2.13. The first-order valence-electron chi connectivity index (χ1n) is 8.97. The number of carbonyl (C=O) groups excluding carboxylic acids is 1. The average molecular weight is 374 g/mol. The highest BCUT2D eigenvalue weighted by molar-refractivity contribution is 6.12. The lowest BCUT2D eigenvalue weighted by Gasteiger charge is -2.08. The Labute approximate surface area is 161 Å². The number of amides is 1. The standard InChI is InChI=1S/C22H19FN4O/c1-14-12-19(22(28)25-18-10-8-17(23)9-11-18)20-15(2)26-27(21(20)24-14)13-16-6-4-3-5-7-16/h3-12H,13H2,1-2H3,(H,25,28). The maximum atomic E-state index is 13.1. The number of aryl methyl sites for hydroxylation is 2. The zero-order chi connectivity index (χ0) is 19.7. The molecule has 0 spiro atoms. The van der Waals surface area contributed by atoms with Crippen molar-refractivity contribution in [1.29, 1.82) is 0 Å². The Morgan fingerprint density at radius 3 is 2.50 bits per heavy atom. The van der Waals surface area contributed by atoms with E-state index in [1.54, 1.807) is 6.07 Å². The molecule has 2 heterocycles. The van der Waals surface area contributed by atoms with Crippen molar-refractivity contribution in [1.82, 2.24) is 14.8 Å². The quantitative estimate of drug-likeness (QED) is 0.573. The highest BCUT2D eigenvalue weighted by atomic mass is 19.1. The van der Waals surface area contributed by atoms with Gasteiger partial charge in [-0.25, -0.2) is 14.1 Å². The normalized spacial score (nSPS) is 11.0. The topological polar surface area (TPSA) is 59.8 Å². The summed E-state index contributed by atoms with van der Waals surface area (Å²) in [6.45, 7) is 4.29. The molecule has 28 heavy (non-hydrogen) atoms. The first kappa shape index (κ1) is 17.9. The molecule has 0 radical (unpaired) electrons. The second kappa shape index (κ2) is 7.23. The first-order chi connectivity index (χ1) is 13.5. The molecule has 0 saturated carbocycles. The third-order valence-corrected chi connectivity index (χ3v) is 4.53. The molecule has 0 bridgehead atoms. The zero-order valence-corrected chi connectivity index (χ0v) is 15.6. The van der Waals surface area contributed by atoms with Crippen LogP contribution in [0.5, 0.6) is 0 Å². The molecular weight excluding hydrogens is 355 g/mol. The summed E-state index contributed by atoms with van der Waals surface area (Å²) in [6, 6.07) is 17.4. The maximum Gasteiger partial charge on any atom is 0.256 e. The van der Waals surface area contributed by atoms with E-state index < -0.39 is 0 Å². The molecule has 0 atom stereocenters. The van der Waals surface area contributed by atoms with Gasteiger partial charge in [0.05, 0.1) is 23.2 Å². The summed E-state index contributed by atoms with van der Waals surface area (Å²) < 4.78 is 14.9. The molecular formula is C22H19FN4O. The fourth-order valence-electron chi connectivity index (χ4n) is 3.26. The lowest BCUT2D eigenvalue weighted by molar-refractivity contribution is 0.102. The van der Waals surface area contributed by atoms with Crippen LogP contribution in [0, 0.1) is 19.7 Å². The number of halogens is 1. The van der Waals surface area contributed by atoms with Crippen LogP contribution in [0.1, 0.15) is 27.3 Å². The number of rotatable bonds is 4. The zero-order valence-electron chi connectivity index (χ0n) is 15.6. The Balaban J connectivity index is 1.74. The van der Waals surface area contributed by atoms with Crippen LogP contribution in [-0.2, 0) is 6.54 Å². The van der Waals surface area contributed by atoms with E-state index >= 15 is 0 Å². The average Bonchev–Trinajstić information content (AvgIpc) is 2.99. The Morgan fingerprint density at radius 1 is 1.07 bits per heavy atom. The number of pyridine rings is 1. The number of nitrogens with zero attached hydrogens (tertiary/aromatic N) is 3. The van der Waals surface area contributed by atoms with E-state index in [1.165, 1.54) is 24.3 Å². The Morgan fingerprint density at radius 2 is 1.79 bits per heavy atom. The van der Waals surface area contributed by atoms with Gasteiger partial charge in [0.1, 0.15) is 5.82 Å². The summed E-state index contributed by atoms with van der Waals surface area (Å²) in [6.07, 6.45) is 0. The van der Waals surface area contributed by atoms with Gasteiger partial charge in [0.25, 0.3) is 5.91 Å². The molecule has 0 unspecified atom stereocenters. The largest absolute Gasteiger partial charge is 0.322 e. The molecule has 5 nitrogen and oxygen atoms in total. The van der Waals surface area contributed by atoms with Gasteiger partial charge in [0, 0.05) is 11.4 Å². The lowest BCUT2D eigenvalue weighted by atomic mass is 10.1. The van der Waals surface area contributed by atoms with Gasteiger partial charge >= 0.3 is 0 Å². The fraction of sp³-hybridized carbons (Fsp3) is 0.136. The number of nitrogens with one attached hydrogen (secondary N) is 1. The number of fused-ring (bicyclic) bond motifs is 1. The van der Waals surface area contributed by atoms with Gasteiger partial charge in [-0.2, -0.15) is 5.10 Å². The summed E-state index contributed by atoms with van der Waals surface area (Å²) >= 11 is 0. The van der Waals surface area contributed by atoms with Crippen LogP contribution < -0.4 is 5.32 Å². The molecule has 0 aliphatic carbocycles. The third-order valence-electron chi connectivity index (χ3n) is 4.53. The van der Waals surface area contributed by atoms with Crippen LogP contribution in [0.25, 0.3) is 11.0 Å². The van der Waals surface area contributed by atoms with Crippen LogP contribution in [0.4, 0.5) is 10.1 Å². The second-order valence-electron chi connectivity index (χ2n) is 6.70. The van der Waals surface area contributed by atoms with Crippen molar-refractivity contribution in [2.45, 2.75) is 20.4 Å². The first-order valence-corrected chi connectivity index (χ1v) is 8.97. The molecule has 0 fully saturated rings. The molecule has 2 aromatic heterocycles. The molecule has 4 rings (SSSR count). The summed E-state index contributed by atoms with van der Waals surface area (Å²) in [5.74, 6) is -0.623. The smallest absolute Gasteiger partial charge is 0.256 e. The van der Waals surface area contributed by atoms with Gasteiger partial charge in [0.2, 0.25) is 0 Å². The van der Waals surface area contributed by atoms with Crippen molar-refractivity contribution < 1.29 is 9.18 Å². The maximum absolute atomic E-state index is 13.1. The SMILES string of the molecule is Cc1cc(C(=O)Nc2ccc(F)cc2)c2c(C)nn(Cc3ccccc3)c2n1. The predicted octanol–water partition coefficient (Wildman–Crippen LogP) is 4.49. The molecule has 0 aliphatic heterocycles. The highest BCUT2D eigenvalue weighted by Crippen LogP contribution is 2.24. The van der Waals surface area contributed by atoms with Gasteiger partial charge in [-0.15, -0.1) is 0 Å². The summed E-state index contributed by atoms with van der Waals surface area (Å²) in [4.78, 5) is 17.5. The number of aromatic nitrogens is 3. The van der Waals surface area contributed by atoms with Crippen LogP contribution in [0.15, 0.2) is 60.7 Å². The molecule has 1 N–H and O–H groups in total. The minimum Gasteiger partial charge on any atom is -0.322 e. The molecule has 6 heteroatoms. The molecule has 140 valence electrons. The van der Waals surface area contributed by atoms with Gasteiger partial charge in [-0.1, -0.05) is 30.3 Å². The summed E-state index contributed by atoms with van der Waals surface area (Å²) in [5, 5.41) is 8.16. The van der Waals surface area contributed by atoms with E-state index in [2.05, 4.69) is 15.4 Å². The summed E-state index contributed by atoms with van der Waals surface area (Å²) in [7, 11) is 0. The van der Waals surface area contributed by atoms with E-state index in [0.29, 0.717) is 23.4 Å². The van der Waals surface area contributed by atoms with Crippen LogP contribution >= 0.6 is 0 Å². The second-order valence-corrected chi connectivity index (χ2v) is 6.70. The van der Waals surface area contributed by atoms with E-state index in [1.807, 2.05) is 48.9 Å². The molecule has 2 aromatic carbocycles. The van der Waals surface area contributed by atoms with Crippen LogP contribution in [-0.4, -0.2) is 20.7 Å². The number of carbonyl (C=O) groups is 1. The van der Waals surface area contributed by atoms with Crippen molar-refractivity contribution in [3.05, 3.63) is 89.0 Å². The molecule has 4 aromatic rings.